The van der Waals surface area contributed by atoms with E-state index in [0.717, 1.165) is 22.2 Å². The number of aromatic nitrogens is 1. The van der Waals surface area contributed by atoms with Crippen LogP contribution in [0.4, 0.5) is 0 Å². The fourth-order valence-corrected chi connectivity index (χ4v) is 4.25. The fourth-order valence-electron chi connectivity index (χ4n) is 4.25. The zero-order chi connectivity index (χ0) is 19.9. The summed E-state index contributed by atoms with van der Waals surface area (Å²) >= 11 is 0. The van der Waals surface area contributed by atoms with Gasteiger partial charge < -0.3 is 19.2 Å². The molecule has 0 unspecified atom stereocenters. The maximum Gasteiger partial charge on any atom is 0.289 e. The van der Waals surface area contributed by atoms with Crippen LogP contribution < -0.4 is 0 Å². The second kappa shape index (κ2) is 6.86. The molecule has 2 aromatic heterocycles. The number of carbonyl (C=O) groups excluding carboxylic acids is 2. The van der Waals surface area contributed by atoms with E-state index < -0.39 is 5.41 Å². The third-order valence-corrected chi connectivity index (χ3v) is 5.64. The van der Waals surface area contributed by atoms with Gasteiger partial charge in [0.1, 0.15) is 0 Å². The minimum Gasteiger partial charge on any atom is -0.459 e. The lowest BCUT2D eigenvalue weighted by Gasteiger charge is -2.38. The largest absolute Gasteiger partial charge is 0.459 e. The zero-order valence-electron chi connectivity index (χ0n) is 16.5. The van der Waals surface area contributed by atoms with Crippen LogP contribution in [0, 0.1) is 6.92 Å². The zero-order valence-corrected chi connectivity index (χ0v) is 16.5. The van der Waals surface area contributed by atoms with E-state index >= 15 is 0 Å². The van der Waals surface area contributed by atoms with Crippen LogP contribution in [0.1, 0.15) is 35.7 Å². The molecule has 0 atom stereocenters. The number of hydrogen-bond donors (Lipinski definition) is 1. The SMILES string of the molecule is Cc1[nH]c2ccccc2c1C(C)(C)C(=O)N1CCN(C(=O)c2ccco2)CC1. The minimum absolute atomic E-state index is 0.0884. The van der Waals surface area contributed by atoms with Gasteiger partial charge >= 0.3 is 0 Å². The molecule has 3 heterocycles. The first-order valence-corrected chi connectivity index (χ1v) is 9.59. The van der Waals surface area contributed by atoms with Crippen molar-refractivity contribution >= 4 is 22.7 Å². The van der Waals surface area contributed by atoms with Gasteiger partial charge in [-0.3, -0.25) is 9.59 Å². The molecule has 1 aliphatic rings. The van der Waals surface area contributed by atoms with Crippen molar-refractivity contribution in [2.75, 3.05) is 26.2 Å². The van der Waals surface area contributed by atoms with Crippen LogP contribution in [0.3, 0.4) is 0 Å². The monoisotopic (exact) mass is 379 g/mol. The van der Waals surface area contributed by atoms with Crippen LogP contribution in [0.5, 0.6) is 0 Å². The van der Waals surface area contributed by atoms with Gasteiger partial charge in [0.15, 0.2) is 5.76 Å². The van der Waals surface area contributed by atoms with E-state index in [0.29, 0.717) is 31.9 Å². The highest BCUT2D eigenvalue weighted by atomic mass is 16.3. The number of amides is 2. The van der Waals surface area contributed by atoms with Gasteiger partial charge in [0.05, 0.1) is 11.7 Å². The van der Waals surface area contributed by atoms with Gasteiger partial charge in [-0.1, -0.05) is 18.2 Å². The molecule has 28 heavy (non-hydrogen) atoms. The van der Waals surface area contributed by atoms with Crippen molar-refractivity contribution in [3.05, 3.63) is 59.7 Å². The number of para-hydroxylation sites is 1. The number of fused-ring (bicyclic) bond motifs is 1. The molecule has 1 N–H and O–H groups in total. The Hall–Kier alpha value is -3.02. The Morgan fingerprint density at radius 1 is 1.00 bits per heavy atom. The number of rotatable bonds is 3. The van der Waals surface area contributed by atoms with Crippen molar-refractivity contribution < 1.29 is 14.0 Å². The van der Waals surface area contributed by atoms with Crippen molar-refractivity contribution in [3.63, 3.8) is 0 Å². The number of nitrogens with one attached hydrogen (secondary N) is 1. The molecule has 0 saturated carbocycles. The van der Waals surface area contributed by atoms with Crippen LogP contribution in [0.25, 0.3) is 10.9 Å². The average Bonchev–Trinajstić information content (AvgIpc) is 3.34. The van der Waals surface area contributed by atoms with Crippen LogP contribution in [0.2, 0.25) is 0 Å². The average molecular weight is 379 g/mol. The molecular formula is C22H25N3O3. The predicted octanol–water partition coefficient (Wildman–Crippen LogP) is 3.33. The summed E-state index contributed by atoms with van der Waals surface area (Å²) in [6, 6.07) is 11.5. The van der Waals surface area contributed by atoms with E-state index in [1.165, 1.54) is 6.26 Å². The first kappa shape index (κ1) is 18.3. The van der Waals surface area contributed by atoms with E-state index in [-0.39, 0.29) is 11.8 Å². The molecule has 2 amide bonds. The number of carbonyl (C=O) groups is 2. The number of aromatic amines is 1. The molecule has 4 rings (SSSR count). The molecule has 0 aliphatic carbocycles. The topological polar surface area (TPSA) is 69.6 Å². The van der Waals surface area contributed by atoms with E-state index in [4.69, 9.17) is 4.42 Å². The van der Waals surface area contributed by atoms with Gasteiger partial charge in [0.25, 0.3) is 5.91 Å². The third-order valence-electron chi connectivity index (χ3n) is 5.64. The van der Waals surface area contributed by atoms with E-state index in [9.17, 15) is 9.59 Å². The highest BCUT2D eigenvalue weighted by Crippen LogP contribution is 2.35. The summed E-state index contributed by atoms with van der Waals surface area (Å²) in [5.74, 6) is 0.309. The number of H-pyrrole nitrogens is 1. The Morgan fingerprint density at radius 2 is 1.68 bits per heavy atom. The summed E-state index contributed by atoms with van der Waals surface area (Å²) in [5, 5.41) is 1.09. The highest BCUT2D eigenvalue weighted by molar-refractivity contribution is 5.96. The molecule has 0 spiro atoms. The van der Waals surface area contributed by atoms with E-state index in [1.54, 1.807) is 17.0 Å². The number of benzene rings is 1. The number of nitrogens with zero attached hydrogens (tertiary/aromatic N) is 2. The fraction of sp³-hybridized carbons (Fsp3) is 0.364. The Balaban J connectivity index is 1.51. The van der Waals surface area contributed by atoms with E-state index in [1.807, 2.05) is 43.9 Å². The number of furan rings is 1. The number of aryl methyl sites for hydroxylation is 1. The molecule has 6 heteroatoms. The summed E-state index contributed by atoms with van der Waals surface area (Å²) < 4.78 is 5.20. The van der Waals surface area contributed by atoms with E-state index in [2.05, 4.69) is 11.1 Å². The Labute approximate surface area is 164 Å². The third kappa shape index (κ3) is 2.99. The lowest BCUT2D eigenvalue weighted by atomic mass is 9.81. The summed E-state index contributed by atoms with van der Waals surface area (Å²) in [5.41, 5.74) is 2.45. The molecule has 3 aromatic rings. The van der Waals surface area contributed by atoms with Crippen molar-refractivity contribution in [1.29, 1.82) is 0 Å². The van der Waals surface area contributed by atoms with Crippen LogP contribution in [-0.2, 0) is 10.2 Å². The molecule has 1 aromatic carbocycles. The second-order valence-corrected chi connectivity index (χ2v) is 7.86. The molecule has 1 saturated heterocycles. The second-order valence-electron chi connectivity index (χ2n) is 7.86. The molecular weight excluding hydrogens is 354 g/mol. The minimum atomic E-state index is -0.656. The van der Waals surface area contributed by atoms with Gasteiger partial charge in [0, 0.05) is 42.8 Å². The smallest absolute Gasteiger partial charge is 0.289 e. The normalized spacial score (nSPS) is 15.2. The number of piperazine rings is 1. The Morgan fingerprint density at radius 3 is 2.36 bits per heavy atom. The first-order valence-electron chi connectivity index (χ1n) is 9.59. The van der Waals surface area contributed by atoms with Crippen molar-refractivity contribution in [2.45, 2.75) is 26.2 Å². The van der Waals surface area contributed by atoms with Crippen molar-refractivity contribution in [1.82, 2.24) is 14.8 Å². The molecule has 6 nitrogen and oxygen atoms in total. The summed E-state index contributed by atoms with van der Waals surface area (Å²) in [7, 11) is 0. The standard InChI is InChI=1S/C22H25N3O3/c1-15-19(16-7-4-5-8-17(16)23-15)22(2,3)21(27)25-12-10-24(11-13-25)20(26)18-9-6-14-28-18/h4-9,14,23H,10-13H2,1-3H3. The lowest BCUT2D eigenvalue weighted by molar-refractivity contribution is -0.137. The predicted molar refractivity (Wildman–Crippen MR) is 107 cm³/mol. The number of hydrogen-bond acceptors (Lipinski definition) is 3. The summed E-state index contributed by atoms with van der Waals surface area (Å²) in [4.78, 5) is 32.9. The highest BCUT2D eigenvalue weighted by Gasteiger charge is 2.38. The maximum atomic E-state index is 13.4. The van der Waals surface area contributed by atoms with Gasteiger partial charge in [-0.15, -0.1) is 0 Å². The first-order chi connectivity index (χ1) is 13.4. The van der Waals surface area contributed by atoms with Gasteiger partial charge in [-0.05, 0) is 44.5 Å². The van der Waals surface area contributed by atoms with Gasteiger partial charge in [0.2, 0.25) is 5.91 Å². The van der Waals surface area contributed by atoms with Crippen molar-refractivity contribution in [2.24, 2.45) is 0 Å². The molecule has 1 fully saturated rings. The summed E-state index contributed by atoms with van der Waals surface area (Å²) in [6.45, 7) is 8.05. The van der Waals surface area contributed by atoms with Gasteiger partial charge in [-0.25, -0.2) is 0 Å². The lowest BCUT2D eigenvalue weighted by Crippen LogP contribution is -2.54. The quantitative estimate of drug-likeness (QED) is 0.759. The molecule has 1 aliphatic heterocycles. The van der Waals surface area contributed by atoms with Crippen molar-refractivity contribution in [3.8, 4) is 0 Å². The molecule has 146 valence electrons. The molecule has 0 bridgehead atoms. The summed E-state index contributed by atoms with van der Waals surface area (Å²) in [6.07, 6.45) is 1.50. The Kier molecular flexibility index (Phi) is 4.49. The Bertz CT molecular complexity index is 1010. The van der Waals surface area contributed by atoms with Gasteiger partial charge in [-0.2, -0.15) is 0 Å². The van der Waals surface area contributed by atoms with Crippen LogP contribution in [-0.4, -0.2) is 52.8 Å². The molecule has 0 radical (unpaired) electrons. The maximum absolute atomic E-state index is 13.4. The van der Waals surface area contributed by atoms with Crippen LogP contribution in [0.15, 0.2) is 47.1 Å². The van der Waals surface area contributed by atoms with Crippen LogP contribution >= 0.6 is 0 Å².